The van der Waals surface area contributed by atoms with Crippen molar-refractivity contribution in [3.8, 4) is 0 Å². The summed E-state index contributed by atoms with van der Waals surface area (Å²) in [5, 5.41) is 0. The Morgan fingerprint density at radius 2 is 2.12 bits per heavy atom. The average Bonchev–Trinajstić information content (AvgIpc) is 1.65. The third kappa shape index (κ3) is 3.68. The first-order valence-electron chi connectivity index (χ1n) is 2.38. The third-order valence-electron chi connectivity index (χ3n) is 0.673. The van der Waals surface area contributed by atoms with E-state index in [0.29, 0.717) is 7.41 Å². The number of rotatable bonds is 2. The fourth-order valence-corrected chi connectivity index (χ4v) is 0.323. The van der Waals surface area contributed by atoms with Crippen molar-refractivity contribution in [1.29, 1.82) is 0 Å². The Morgan fingerprint density at radius 1 is 1.62 bits per heavy atom. The van der Waals surface area contributed by atoms with Crippen LogP contribution in [-0.2, 0) is 4.74 Å². The van der Waals surface area contributed by atoms with Gasteiger partial charge in [-0.2, -0.15) is 0 Å². The van der Waals surface area contributed by atoms with Crippen LogP contribution >= 0.6 is 0 Å². The molecule has 0 amide bonds. The topological polar surface area (TPSA) is 29.5 Å². The maximum atomic E-state index is 10.4. The summed E-state index contributed by atoms with van der Waals surface area (Å²) in [7, 11) is 5.37. The number of carbonyl (C=O) groups is 1. The second kappa shape index (κ2) is 3.49. The molecular formula is C4H10BNO2. The van der Waals surface area contributed by atoms with E-state index in [0.717, 1.165) is 0 Å². The van der Waals surface area contributed by atoms with Crippen LogP contribution in [0, 0.1) is 0 Å². The van der Waals surface area contributed by atoms with E-state index < -0.39 is 0 Å². The molecule has 0 aromatic heterocycles. The van der Waals surface area contributed by atoms with Crippen molar-refractivity contribution in [2.45, 2.75) is 0 Å². The van der Waals surface area contributed by atoms with E-state index in [-0.39, 0.29) is 5.87 Å². The average molecular weight is 115 g/mol. The lowest BCUT2D eigenvalue weighted by Crippen LogP contribution is -2.25. The molecule has 0 aromatic carbocycles. The van der Waals surface area contributed by atoms with Crippen molar-refractivity contribution in [3.05, 3.63) is 0 Å². The summed E-state index contributed by atoms with van der Waals surface area (Å²) in [4.78, 5) is 12.1. The predicted molar refractivity (Wildman–Crippen MR) is 33.2 cm³/mol. The van der Waals surface area contributed by atoms with Gasteiger partial charge in [0.2, 0.25) is 0 Å². The minimum Gasteiger partial charge on any atom is -0.476 e. The molecule has 0 atom stereocenters. The summed E-state index contributed by atoms with van der Waals surface area (Å²) < 4.78 is 4.38. The fourth-order valence-electron chi connectivity index (χ4n) is 0.323. The van der Waals surface area contributed by atoms with Crippen molar-refractivity contribution in [3.63, 3.8) is 0 Å². The summed E-state index contributed by atoms with van der Waals surface area (Å²) in [6.07, 6.45) is 0. The van der Waals surface area contributed by atoms with E-state index >= 15 is 0 Å². The Morgan fingerprint density at radius 3 is 2.25 bits per heavy atom. The van der Waals surface area contributed by atoms with Gasteiger partial charge in [-0.05, 0) is 14.1 Å². The Bertz CT molecular complexity index is 84.1. The zero-order valence-corrected chi connectivity index (χ0v) is 5.47. The lowest BCUT2D eigenvalue weighted by Gasteiger charge is -2.03. The van der Waals surface area contributed by atoms with Crippen molar-refractivity contribution in [1.82, 2.24) is 4.81 Å². The van der Waals surface area contributed by atoms with Crippen LogP contribution in [-0.4, -0.2) is 39.3 Å². The van der Waals surface area contributed by atoms with Crippen LogP contribution in [0.5, 0.6) is 0 Å². The monoisotopic (exact) mass is 115 g/mol. The molecule has 0 aromatic rings. The minimum absolute atomic E-state index is 0.199. The standard InChI is InChI=1S/C4H10BNO2/c1-6(2)5-4(7)8-3/h5H,1-3H3. The first kappa shape index (κ1) is 7.49. The molecule has 0 rings (SSSR count). The Kier molecular flexibility index (Phi) is 3.27. The smallest absolute Gasteiger partial charge is 0.340 e. The minimum atomic E-state index is -0.199. The predicted octanol–water partition coefficient (Wildman–Crippen LogP) is -0.334. The number of hydrogen-bond donors (Lipinski definition) is 0. The van der Waals surface area contributed by atoms with E-state index in [1.807, 2.05) is 14.1 Å². The van der Waals surface area contributed by atoms with Crippen molar-refractivity contribution >= 4 is 13.3 Å². The Hall–Kier alpha value is -0.505. The molecule has 46 valence electrons. The van der Waals surface area contributed by atoms with Gasteiger partial charge in [-0.1, -0.05) is 0 Å². The van der Waals surface area contributed by atoms with Gasteiger partial charge in [-0.25, -0.2) is 0 Å². The van der Waals surface area contributed by atoms with E-state index in [1.54, 1.807) is 4.81 Å². The Balaban J connectivity index is 3.25. The molecule has 0 saturated carbocycles. The van der Waals surface area contributed by atoms with E-state index in [2.05, 4.69) is 4.74 Å². The molecule has 0 aliphatic carbocycles. The molecule has 0 aliphatic rings. The van der Waals surface area contributed by atoms with Crippen LogP contribution in [0.2, 0.25) is 0 Å². The summed E-state index contributed by atoms with van der Waals surface area (Å²) >= 11 is 0. The molecule has 8 heavy (non-hydrogen) atoms. The van der Waals surface area contributed by atoms with Crippen molar-refractivity contribution in [2.75, 3.05) is 21.2 Å². The lowest BCUT2D eigenvalue weighted by molar-refractivity contribution is 0.196. The van der Waals surface area contributed by atoms with Gasteiger partial charge in [0, 0.05) is 0 Å². The molecule has 3 nitrogen and oxygen atoms in total. The number of nitrogens with zero attached hydrogens (tertiary/aromatic N) is 1. The first-order valence-corrected chi connectivity index (χ1v) is 2.38. The van der Waals surface area contributed by atoms with Gasteiger partial charge in [0.1, 0.15) is 0 Å². The van der Waals surface area contributed by atoms with Gasteiger partial charge in [0.05, 0.1) is 7.11 Å². The first-order chi connectivity index (χ1) is 3.66. The summed E-state index contributed by atoms with van der Waals surface area (Å²) in [5.41, 5.74) is 0. The van der Waals surface area contributed by atoms with Crippen molar-refractivity contribution in [2.24, 2.45) is 0 Å². The maximum absolute atomic E-state index is 10.4. The molecule has 0 N–H and O–H groups in total. The SMILES string of the molecule is COC(=O)BN(C)C. The highest BCUT2D eigenvalue weighted by molar-refractivity contribution is 6.69. The van der Waals surface area contributed by atoms with Crippen LogP contribution in [0.25, 0.3) is 0 Å². The number of hydrogen-bond acceptors (Lipinski definition) is 3. The van der Waals surface area contributed by atoms with Gasteiger partial charge in [0.15, 0.2) is 0 Å². The molecule has 0 bridgehead atoms. The van der Waals surface area contributed by atoms with Crippen LogP contribution in [0.15, 0.2) is 0 Å². The zero-order chi connectivity index (χ0) is 6.57. The molecular weight excluding hydrogens is 105 g/mol. The highest BCUT2D eigenvalue weighted by Gasteiger charge is 2.03. The zero-order valence-electron chi connectivity index (χ0n) is 5.47. The maximum Gasteiger partial charge on any atom is 0.340 e. The number of ether oxygens (including phenoxy) is 1. The van der Waals surface area contributed by atoms with Crippen LogP contribution in [0.1, 0.15) is 0 Å². The van der Waals surface area contributed by atoms with Gasteiger partial charge >= 0.3 is 7.41 Å². The van der Waals surface area contributed by atoms with Crippen LogP contribution in [0.3, 0.4) is 0 Å². The summed E-state index contributed by atoms with van der Waals surface area (Å²) in [5.74, 6) is -0.199. The molecule has 0 spiro atoms. The fraction of sp³-hybridized carbons (Fsp3) is 0.750. The number of carbonyl (C=O) groups excluding carboxylic acids is 1. The summed E-state index contributed by atoms with van der Waals surface area (Å²) in [6, 6.07) is 0. The molecule has 0 unspecified atom stereocenters. The largest absolute Gasteiger partial charge is 0.476 e. The second-order valence-corrected chi connectivity index (χ2v) is 1.81. The molecule has 0 fully saturated rings. The highest BCUT2D eigenvalue weighted by atomic mass is 16.5. The van der Waals surface area contributed by atoms with Crippen molar-refractivity contribution < 1.29 is 9.53 Å². The van der Waals surface area contributed by atoms with Gasteiger partial charge in [-0.15, -0.1) is 0 Å². The molecule has 0 radical (unpaired) electrons. The number of methoxy groups -OCH3 is 1. The van der Waals surface area contributed by atoms with Crippen LogP contribution < -0.4 is 0 Å². The van der Waals surface area contributed by atoms with E-state index in [9.17, 15) is 4.79 Å². The highest BCUT2D eigenvalue weighted by Crippen LogP contribution is 1.75. The Labute approximate surface area is 49.9 Å². The molecule has 0 aliphatic heterocycles. The van der Waals surface area contributed by atoms with Gasteiger partial charge in [0.25, 0.3) is 5.87 Å². The van der Waals surface area contributed by atoms with Gasteiger partial charge in [-0.3, -0.25) is 4.79 Å². The van der Waals surface area contributed by atoms with E-state index in [4.69, 9.17) is 0 Å². The second-order valence-electron chi connectivity index (χ2n) is 1.81. The summed E-state index contributed by atoms with van der Waals surface area (Å²) in [6.45, 7) is 0. The van der Waals surface area contributed by atoms with Gasteiger partial charge < -0.3 is 9.55 Å². The lowest BCUT2D eigenvalue weighted by atomic mass is 9.94. The molecule has 0 heterocycles. The van der Waals surface area contributed by atoms with Crippen LogP contribution in [0.4, 0.5) is 4.79 Å². The normalized spacial score (nSPS) is 9.00. The molecule has 0 saturated heterocycles. The molecule has 4 heteroatoms. The quantitative estimate of drug-likeness (QED) is 0.461. The van der Waals surface area contributed by atoms with E-state index in [1.165, 1.54) is 7.11 Å². The third-order valence-corrected chi connectivity index (χ3v) is 0.673.